The topological polar surface area (TPSA) is 101 Å². The number of esters is 1. The molecule has 0 atom stereocenters. The fraction of sp³-hybridized carbons (Fsp3) is 0.192. The Morgan fingerprint density at radius 2 is 1.34 bits per heavy atom. The lowest BCUT2D eigenvalue weighted by atomic mass is 9.93. The highest BCUT2D eigenvalue weighted by atomic mass is 16.5. The van der Waals surface area contributed by atoms with Crippen molar-refractivity contribution in [2.75, 3.05) is 0 Å². The summed E-state index contributed by atoms with van der Waals surface area (Å²) in [5, 5.41) is 18.0. The average Bonchev–Trinajstić information content (AvgIpc) is 2.82. The van der Waals surface area contributed by atoms with Crippen molar-refractivity contribution in [1.29, 1.82) is 0 Å². The Hall–Kier alpha value is -3.93. The van der Waals surface area contributed by atoms with Crippen molar-refractivity contribution in [2.45, 2.75) is 33.3 Å². The maximum absolute atomic E-state index is 11.6. The monoisotopic (exact) mass is 434 g/mol. The van der Waals surface area contributed by atoms with Gasteiger partial charge in [-0.2, -0.15) is 0 Å². The van der Waals surface area contributed by atoms with E-state index in [1.165, 1.54) is 6.07 Å². The van der Waals surface area contributed by atoms with Gasteiger partial charge in [0.1, 0.15) is 6.61 Å². The Morgan fingerprint density at radius 1 is 0.750 bits per heavy atom. The van der Waals surface area contributed by atoms with Gasteiger partial charge < -0.3 is 14.9 Å². The molecule has 0 saturated heterocycles. The minimum Gasteiger partial charge on any atom is -0.478 e. The van der Waals surface area contributed by atoms with Crippen LogP contribution in [0.3, 0.4) is 0 Å². The lowest BCUT2D eigenvalue weighted by molar-refractivity contribution is 0.0472. The van der Waals surface area contributed by atoms with Gasteiger partial charge in [0.05, 0.1) is 16.7 Å². The van der Waals surface area contributed by atoms with Crippen molar-refractivity contribution >= 4 is 17.9 Å². The first kappa shape index (κ1) is 24.3. The van der Waals surface area contributed by atoms with E-state index in [1.54, 1.807) is 18.2 Å². The molecule has 0 bridgehead atoms. The molecular weight excluding hydrogens is 408 g/mol. The minimum absolute atomic E-state index is 0.0747. The molecule has 0 saturated carbocycles. The van der Waals surface area contributed by atoms with Crippen LogP contribution in [0.5, 0.6) is 0 Å². The lowest BCUT2D eigenvalue weighted by Crippen LogP contribution is -2.13. The van der Waals surface area contributed by atoms with E-state index in [-0.39, 0.29) is 17.1 Å². The summed E-state index contributed by atoms with van der Waals surface area (Å²) in [6.45, 7) is 4.06. The Labute approximate surface area is 187 Å². The first-order chi connectivity index (χ1) is 15.4. The van der Waals surface area contributed by atoms with Gasteiger partial charge in [-0.1, -0.05) is 68.4 Å². The highest BCUT2D eigenvalue weighted by Gasteiger charge is 2.21. The molecule has 0 aliphatic heterocycles. The molecular formula is C26H26O6. The molecule has 3 aromatic rings. The highest BCUT2D eigenvalue weighted by Crippen LogP contribution is 2.21. The average molecular weight is 434 g/mol. The molecule has 0 radical (unpaired) electrons. The summed E-state index contributed by atoms with van der Waals surface area (Å²) in [6.07, 6.45) is 1.22. The van der Waals surface area contributed by atoms with Crippen LogP contribution in [0.2, 0.25) is 0 Å². The molecule has 166 valence electrons. The fourth-order valence-corrected chi connectivity index (χ4v) is 3.23. The molecule has 0 unspecified atom stereocenters. The molecule has 0 spiro atoms. The van der Waals surface area contributed by atoms with Gasteiger partial charge in [0.15, 0.2) is 0 Å². The molecule has 32 heavy (non-hydrogen) atoms. The van der Waals surface area contributed by atoms with Crippen LogP contribution in [0.1, 0.15) is 61.6 Å². The van der Waals surface area contributed by atoms with Gasteiger partial charge in [-0.05, 0) is 47.7 Å². The van der Waals surface area contributed by atoms with Crippen molar-refractivity contribution in [1.82, 2.24) is 0 Å². The summed E-state index contributed by atoms with van der Waals surface area (Å²) in [5.74, 6) is -2.66. The van der Waals surface area contributed by atoms with Crippen LogP contribution in [-0.2, 0) is 24.2 Å². The number of hydrogen-bond acceptors (Lipinski definition) is 4. The Kier molecular flexibility index (Phi) is 9.17. The number of hydrogen-bond donors (Lipinski definition) is 2. The molecule has 2 N–H and O–H groups in total. The summed E-state index contributed by atoms with van der Waals surface area (Å²) in [7, 11) is 0. The number of carbonyl (C=O) groups excluding carboxylic acids is 1. The van der Waals surface area contributed by atoms with E-state index in [0.717, 1.165) is 11.1 Å². The first-order valence-electron chi connectivity index (χ1n) is 10.3. The number of rotatable bonds is 7. The maximum atomic E-state index is 11.6. The minimum atomic E-state index is -1.20. The second kappa shape index (κ2) is 12.1. The third-order valence-electron chi connectivity index (χ3n) is 4.81. The number of benzene rings is 3. The summed E-state index contributed by atoms with van der Waals surface area (Å²) >= 11 is 0. The van der Waals surface area contributed by atoms with Crippen LogP contribution in [0, 0.1) is 0 Å². The van der Waals surface area contributed by atoms with Crippen molar-refractivity contribution in [3.63, 3.8) is 0 Å². The van der Waals surface area contributed by atoms with E-state index < -0.39 is 11.9 Å². The van der Waals surface area contributed by atoms with Gasteiger partial charge in [0.25, 0.3) is 0 Å². The molecule has 6 heteroatoms. The normalized spacial score (nSPS) is 9.94. The standard InChI is InChI=1S/C14H12O2.C12H14O4/c15-14(13-9-5-2-6-10-13)16-11-12-7-3-1-4-8-12;1-3-7-5-6-9(11(13)14)10(12(15)16)8(7)4-2/h1-10H,11H2;5-6H,3-4H2,1-2H3,(H,13,14)(H,15,16). The number of aromatic carboxylic acids is 2. The van der Waals surface area contributed by atoms with Crippen molar-refractivity contribution < 1.29 is 29.3 Å². The second-order valence-electron chi connectivity index (χ2n) is 6.87. The fourth-order valence-electron chi connectivity index (χ4n) is 3.23. The first-order valence-corrected chi connectivity index (χ1v) is 10.3. The number of aryl methyl sites for hydroxylation is 1. The van der Waals surface area contributed by atoms with Crippen molar-refractivity contribution in [3.05, 3.63) is 106 Å². The summed E-state index contributed by atoms with van der Waals surface area (Å²) < 4.78 is 5.18. The Bertz CT molecular complexity index is 1060. The molecule has 0 fully saturated rings. The van der Waals surface area contributed by atoms with Crippen molar-refractivity contribution in [2.24, 2.45) is 0 Å². The van der Waals surface area contributed by atoms with Gasteiger partial charge in [-0.25, -0.2) is 14.4 Å². The van der Waals surface area contributed by atoms with Crippen molar-refractivity contribution in [3.8, 4) is 0 Å². The van der Waals surface area contributed by atoms with Gasteiger partial charge in [0, 0.05) is 0 Å². The van der Waals surface area contributed by atoms with E-state index in [4.69, 9.17) is 14.9 Å². The highest BCUT2D eigenvalue weighted by molar-refractivity contribution is 6.03. The SMILES string of the molecule is CCc1ccc(C(=O)O)c(C(=O)O)c1CC.O=C(OCc1ccccc1)c1ccccc1. The zero-order chi connectivity index (χ0) is 23.5. The molecule has 3 rings (SSSR count). The van der Waals surface area contributed by atoms with E-state index in [9.17, 15) is 14.4 Å². The number of ether oxygens (including phenoxy) is 1. The number of carboxylic acid groups (broad SMARTS) is 2. The van der Waals surface area contributed by atoms with Crippen LogP contribution in [0.25, 0.3) is 0 Å². The third-order valence-corrected chi connectivity index (χ3v) is 4.81. The predicted octanol–water partition coefficient (Wildman–Crippen LogP) is 5.25. The smallest absolute Gasteiger partial charge is 0.338 e. The molecule has 3 aromatic carbocycles. The van der Waals surface area contributed by atoms with Crippen LogP contribution in [0.4, 0.5) is 0 Å². The molecule has 0 amide bonds. The molecule has 6 nitrogen and oxygen atoms in total. The summed E-state index contributed by atoms with van der Waals surface area (Å²) in [5.41, 5.74) is 2.88. The van der Waals surface area contributed by atoms with E-state index in [2.05, 4.69) is 0 Å². The second-order valence-corrected chi connectivity index (χ2v) is 6.87. The van der Waals surface area contributed by atoms with Crippen LogP contribution in [0.15, 0.2) is 72.8 Å². The number of carbonyl (C=O) groups is 3. The zero-order valence-electron chi connectivity index (χ0n) is 18.1. The molecule has 0 heterocycles. The Balaban J connectivity index is 0.000000227. The summed E-state index contributed by atoms with van der Waals surface area (Å²) in [4.78, 5) is 33.6. The largest absolute Gasteiger partial charge is 0.478 e. The predicted molar refractivity (Wildman–Crippen MR) is 121 cm³/mol. The lowest BCUT2D eigenvalue weighted by Gasteiger charge is -2.12. The molecule has 0 aromatic heterocycles. The molecule has 0 aliphatic carbocycles. The van der Waals surface area contributed by atoms with Gasteiger partial charge in [0.2, 0.25) is 0 Å². The van der Waals surface area contributed by atoms with Crippen LogP contribution < -0.4 is 0 Å². The van der Waals surface area contributed by atoms with Gasteiger partial charge >= 0.3 is 17.9 Å². The van der Waals surface area contributed by atoms with E-state index in [0.29, 0.717) is 30.6 Å². The quantitative estimate of drug-likeness (QED) is 0.493. The van der Waals surface area contributed by atoms with E-state index in [1.807, 2.05) is 62.4 Å². The summed E-state index contributed by atoms with van der Waals surface area (Å²) in [6, 6.07) is 21.7. The zero-order valence-corrected chi connectivity index (χ0v) is 18.1. The van der Waals surface area contributed by atoms with Crippen LogP contribution >= 0.6 is 0 Å². The van der Waals surface area contributed by atoms with Gasteiger partial charge in [-0.15, -0.1) is 0 Å². The number of carboxylic acids is 2. The van der Waals surface area contributed by atoms with Gasteiger partial charge in [-0.3, -0.25) is 0 Å². The molecule has 0 aliphatic rings. The third kappa shape index (κ3) is 6.54. The van der Waals surface area contributed by atoms with Crippen LogP contribution in [-0.4, -0.2) is 28.1 Å². The van der Waals surface area contributed by atoms with E-state index >= 15 is 0 Å². The Morgan fingerprint density at radius 3 is 1.84 bits per heavy atom. The maximum Gasteiger partial charge on any atom is 0.338 e.